The van der Waals surface area contributed by atoms with Gasteiger partial charge in [-0.1, -0.05) is 23.2 Å². The van der Waals surface area contributed by atoms with E-state index in [1.807, 2.05) is 0 Å². The minimum atomic E-state index is -0.822. The van der Waals surface area contributed by atoms with Crippen LogP contribution in [0.4, 0.5) is 0 Å². The van der Waals surface area contributed by atoms with Gasteiger partial charge in [0.15, 0.2) is 0 Å². The summed E-state index contributed by atoms with van der Waals surface area (Å²) in [7, 11) is 0. The first-order chi connectivity index (χ1) is 14.8. The Labute approximate surface area is 190 Å². The second-order valence-electron chi connectivity index (χ2n) is 7.01. The van der Waals surface area contributed by atoms with Crippen LogP contribution < -0.4 is 0 Å². The van der Waals surface area contributed by atoms with Crippen LogP contribution in [0.5, 0.6) is 0 Å². The third kappa shape index (κ3) is 4.70. The molecule has 0 spiro atoms. The summed E-state index contributed by atoms with van der Waals surface area (Å²) < 4.78 is 16.6. The van der Waals surface area contributed by atoms with E-state index in [0.29, 0.717) is 38.5 Å². The summed E-state index contributed by atoms with van der Waals surface area (Å²) in [5, 5.41) is 0.969. The molecule has 1 aliphatic heterocycles. The summed E-state index contributed by atoms with van der Waals surface area (Å²) in [5.41, 5.74) is 1.88. The van der Waals surface area contributed by atoms with Crippen LogP contribution in [0.25, 0.3) is 11.3 Å². The summed E-state index contributed by atoms with van der Waals surface area (Å²) >= 11 is 12.4. The van der Waals surface area contributed by atoms with Crippen molar-refractivity contribution in [3.05, 3.63) is 57.4 Å². The van der Waals surface area contributed by atoms with Gasteiger partial charge in [-0.3, -0.25) is 9.79 Å². The summed E-state index contributed by atoms with van der Waals surface area (Å²) in [4.78, 5) is 30.1. The predicted molar refractivity (Wildman–Crippen MR) is 119 cm³/mol. The normalized spacial score (nSPS) is 18.6. The number of nitrogens with zero attached hydrogens (tertiary/aromatic N) is 1. The molecule has 0 bridgehead atoms. The Bertz CT molecular complexity index is 1070. The van der Waals surface area contributed by atoms with Gasteiger partial charge in [0.1, 0.15) is 17.4 Å². The molecule has 3 rings (SSSR count). The highest BCUT2D eigenvalue weighted by Crippen LogP contribution is 2.42. The highest BCUT2D eigenvalue weighted by atomic mass is 35.5. The van der Waals surface area contributed by atoms with E-state index < -0.39 is 23.8 Å². The first-order valence-corrected chi connectivity index (χ1v) is 10.7. The molecule has 31 heavy (non-hydrogen) atoms. The lowest BCUT2D eigenvalue weighted by atomic mass is 9.78. The van der Waals surface area contributed by atoms with Crippen molar-refractivity contribution in [2.24, 2.45) is 10.9 Å². The lowest BCUT2D eigenvalue weighted by molar-refractivity contribution is -0.146. The SMILES string of the molecule is CCOC(=O)C1=C(C)N=C(C)C(C(=O)OCC)C1c1ccc(-c2cc(Cl)ccc2Cl)o1. The van der Waals surface area contributed by atoms with E-state index in [9.17, 15) is 9.59 Å². The first kappa shape index (κ1) is 23.1. The van der Waals surface area contributed by atoms with Gasteiger partial charge in [0.2, 0.25) is 0 Å². The van der Waals surface area contributed by atoms with Gasteiger partial charge in [-0.15, -0.1) is 0 Å². The van der Waals surface area contributed by atoms with Crippen LogP contribution in [0.1, 0.15) is 39.4 Å². The summed E-state index contributed by atoms with van der Waals surface area (Å²) in [5.74, 6) is -1.73. The van der Waals surface area contributed by atoms with Crippen molar-refractivity contribution < 1.29 is 23.5 Å². The molecule has 0 amide bonds. The molecule has 2 unspecified atom stereocenters. The summed E-state index contributed by atoms with van der Waals surface area (Å²) in [6, 6.07) is 8.49. The molecule has 0 fully saturated rings. The molecule has 0 radical (unpaired) electrons. The van der Waals surface area contributed by atoms with Gasteiger partial charge in [-0.2, -0.15) is 0 Å². The van der Waals surface area contributed by atoms with Gasteiger partial charge in [0.25, 0.3) is 0 Å². The number of ether oxygens (including phenoxy) is 2. The fourth-order valence-electron chi connectivity index (χ4n) is 3.71. The lowest BCUT2D eigenvalue weighted by Gasteiger charge is -2.29. The number of hydrogen-bond acceptors (Lipinski definition) is 6. The van der Waals surface area contributed by atoms with Crippen LogP contribution >= 0.6 is 23.2 Å². The largest absolute Gasteiger partial charge is 0.465 e. The maximum absolute atomic E-state index is 12.8. The number of allylic oxidation sites excluding steroid dienone is 1. The topological polar surface area (TPSA) is 78.1 Å². The third-order valence-electron chi connectivity index (χ3n) is 4.99. The van der Waals surface area contributed by atoms with Gasteiger partial charge >= 0.3 is 11.9 Å². The zero-order valence-corrected chi connectivity index (χ0v) is 19.2. The van der Waals surface area contributed by atoms with Crippen LogP contribution in [0.2, 0.25) is 10.0 Å². The van der Waals surface area contributed by atoms with Crippen LogP contribution in [-0.2, 0) is 19.1 Å². The van der Waals surface area contributed by atoms with E-state index in [-0.39, 0.29) is 18.8 Å². The van der Waals surface area contributed by atoms with E-state index in [4.69, 9.17) is 37.1 Å². The average Bonchev–Trinajstić information content (AvgIpc) is 3.19. The summed E-state index contributed by atoms with van der Waals surface area (Å²) in [6.45, 7) is 7.28. The minimum Gasteiger partial charge on any atom is -0.465 e. The van der Waals surface area contributed by atoms with Crippen molar-refractivity contribution >= 4 is 40.9 Å². The molecule has 0 aliphatic carbocycles. The lowest BCUT2D eigenvalue weighted by Crippen LogP contribution is -2.36. The van der Waals surface area contributed by atoms with E-state index in [2.05, 4.69) is 4.99 Å². The van der Waals surface area contributed by atoms with Crippen LogP contribution in [0.3, 0.4) is 0 Å². The molecule has 1 aromatic heterocycles. The quantitative estimate of drug-likeness (QED) is 0.503. The molecule has 2 atom stereocenters. The Morgan fingerprint density at radius 2 is 1.77 bits per heavy atom. The van der Waals surface area contributed by atoms with E-state index in [0.717, 1.165) is 0 Å². The van der Waals surface area contributed by atoms with Crippen LogP contribution in [-0.4, -0.2) is 30.9 Å². The Morgan fingerprint density at radius 1 is 1.06 bits per heavy atom. The third-order valence-corrected chi connectivity index (χ3v) is 5.56. The number of aliphatic imine (C=N–C) groups is 1. The maximum Gasteiger partial charge on any atom is 0.336 e. The summed E-state index contributed by atoms with van der Waals surface area (Å²) in [6.07, 6.45) is 0. The van der Waals surface area contributed by atoms with Crippen molar-refractivity contribution in [2.75, 3.05) is 13.2 Å². The van der Waals surface area contributed by atoms with Gasteiger partial charge in [0, 0.05) is 22.0 Å². The van der Waals surface area contributed by atoms with Crippen molar-refractivity contribution in [1.29, 1.82) is 0 Å². The zero-order chi connectivity index (χ0) is 22.7. The van der Waals surface area contributed by atoms with Crippen LogP contribution in [0, 0.1) is 5.92 Å². The van der Waals surface area contributed by atoms with Crippen molar-refractivity contribution in [1.82, 2.24) is 0 Å². The Kier molecular flexibility index (Phi) is 7.23. The first-order valence-electron chi connectivity index (χ1n) is 9.93. The van der Waals surface area contributed by atoms with Crippen LogP contribution in [0.15, 0.2) is 51.0 Å². The van der Waals surface area contributed by atoms with Gasteiger partial charge < -0.3 is 13.9 Å². The Balaban J connectivity index is 2.14. The molecule has 0 saturated heterocycles. The molecular formula is C23H23Cl2NO5. The second kappa shape index (κ2) is 9.71. The molecule has 1 aromatic carbocycles. The number of halogens is 2. The molecule has 1 aliphatic rings. The molecule has 2 aromatic rings. The van der Waals surface area contributed by atoms with Crippen molar-refractivity contribution in [3.63, 3.8) is 0 Å². The number of benzene rings is 1. The molecule has 6 nitrogen and oxygen atoms in total. The molecule has 0 N–H and O–H groups in total. The Hall–Kier alpha value is -2.57. The standard InChI is InChI=1S/C23H23Cl2NO5/c1-5-29-22(27)19-12(3)26-13(4)20(23(28)30-6-2)21(19)18-10-9-17(31-18)15-11-14(24)7-8-16(15)25/h7-11,19,21H,5-6H2,1-4H3. The highest BCUT2D eigenvalue weighted by molar-refractivity contribution is 6.35. The smallest absolute Gasteiger partial charge is 0.336 e. The molecule has 8 heteroatoms. The fourth-order valence-corrected chi connectivity index (χ4v) is 4.09. The van der Waals surface area contributed by atoms with E-state index in [1.54, 1.807) is 58.0 Å². The van der Waals surface area contributed by atoms with Gasteiger partial charge in [-0.05, 0) is 58.0 Å². The number of rotatable bonds is 6. The number of esters is 2. The number of furan rings is 1. The number of carbonyl (C=O) groups is 2. The maximum atomic E-state index is 12.8. The molecule has 2 heterocycles. The molecule has 164 valence electrons. The Morgan fingerprint density at radius 3 is 2.45 bits per heavy atom. The highest BCUT2D eigenvalue weighted by Gasteiger charge is 2.44. The van der Waals surface area contributed by atoms with Crippen molar-refractivity contribution in [2.45, 2.75) is 33.6 Å². The van der Waals surface area contributed by atoms with Crippen molar-refractivity contribution in [3.8, 4) is 11.3 Å². The number of carbonyl (C=O) groups excluding carboxylic acids is 2. The van der Waals surface area contributed by atoms with E-state index >= 15 is 0 Å². The van der Waals surface area contributed by atoms with Gasteiger partial charge in [-0.25, -0.2) is 4.79 Å². The number of hydrogen-bond donors (Lipinski definition) is 0. The van der Waals surface area contributed by atoms with Gasteiger partial charge in [0.05, 0.1) is 29.7 Å². The fraction of sp³-hybridized carbons (Fsp3) is 0.348. The molecule has 0 saturated carbocycles. The second-order valence-corrected chi connectivity index (χ2v) is 7.85. The zero-order valence-electron chi connectivity index (χ0n) is 17.7. The molecular weight excluding hydrogens is 441 g/mol. The monoisotopic (exact) mass is 463 g/mol. The van der Waals surface area contributed by atoms with E-state index in [1.165, 1.54) is 0 Å². The minimum absolute atomic E-state index is 0.191. The predicted octanol–water partition coefficient (Wildman–Crippen LogP) is 5.83. The average molecular weight is 464 g/mol.